The van der Waals surface area contributed by atoms with Gasteiger partial charge in [0.1, 0.15) is 17.4 Å². The third-order valence-corrected chi connectivity index (χ3v) is 6.89. The van der Waals surface area contributed by atoms with Crippen molar-refractivity contribution in [3.63, 3.8) is 0 Å². The number of nitrogens with one attached hydrogen (secondary N) is 2. The first-order valence-corrected chi connectivity index (χ1v) is 12.6. The second-order valence-corrected chi connectivity index (χ2v) is 9.67. The lowest BCUT2D eigenvalue weighted by atomic mass is 10.1. The summed E-state index contributed by atoms with van der Waals surface area (Å²) in [4.78, 5) is 17.6. The van der Waals surface area contributed by atoms with Crippen molar-refractivity contribution in [3.8, 4) is 16.3 Å². The van der Waals surface area contributed by atoms with E-state index in [1.165, 1.54) is 0 Å². The van der Waals surface area contributed by atoms with E-state index in [9.17, 15) is 4.79 Å². The Labute approximate surface area is 218 Å². The molecule has 7 heteroatoms. The monoisotopic (exact) mass is 509 g/mol. The van der Waals surface area contributed by atoms with E-state index in [0.29, 0.717) is 17.9 Å². The summed E-state index contributed by atoms with van der Waals surface area (Å²) in [6.07, 6.45) is 0. The van der Waals surface area contributed by atoms with Crippen LogP contribution in [0.2, 0.25) is 0 Å². The first kappa shape index (κ1) is 23.7. The fraction of sp³-hybridized carbons (Fsp3) is 0.0690. The third kappa shape index (κ3) is 5.59. The number of hydrogen-bond acceptors (Lipinski definition) is 5. The van der Waals surface area contributed by atoms with Gasteiger partial charge in [0, 0.05) is 16.8 Å². The zero-order valence-electron chi connectivity index (χ0n) is 19.5. The molecule has 0 saturated carbocycles. The van der Waals surface area contributed by atoms with Crippen LogP contribution in [0.4, 0.5) is 5.69 Å². The number of rotatable bonds is 6. The average molecular weight is 510 g/mol. The summed E-state index contributed by atoms with van der Waals surface area (Å²) in [6, 6.07) is 31.1. The third-order valence-electron chi connectivity index (χ3n) is 5.60. The molecule has 178 valence electrons. The molecule has 4 aromatic carbocycles. The molecule has 0 atom stereocenters. The zero-order valence-corrected chi connectivity index (χ0v) is 21.2. The zero-order chi connectivity index (χ0) is 24.9. The van der Waals surface area contributed by atoms with Crippen LogP contribution in [-0.2, 0) is 6.61 Å². The highest BCUT2D eigenvalue weighted by molar-refractivity contribution is 7.80. The van der Waals surface area contributed by atoms with Gasteiger partial charge in [-0.05, 0) is 66.7 Å². The van der Waals surface area contributed by atoms with Crippen LogP contribution in [0.5, 0.6) is 5.75 Å². The Morgan fingerprint density at radius 2 is 1.75 bits per heavy atom. The Morgan fingerprint density at radius 1 is 0.944 bits per heavy atom. The lowest BCUT2D eigenvalue weighted by Gasteiger charge is -2.13. The van der Waals surface area contributed by atoms with Gasteiger partial charge >= 0.3 is 0 Å². The number of fused-ring (bicyclic) bond motifs is 1. The van der Waals surface area contributed by atoms with Gasteiger partial charge in [0.15, 0.2) is 5.11 Å². The van der Waals surface area contributed by atoms with Gasteiger partial charge in [-0.25, -0.2) is 4.98 Å². The second-order valence-electron chi connectivity index (χ2n) is 8.23. The van der Waals surface area contributed by atoms with Crippen LogP contribution >= 0.6 is 23.6 Å². The normalized spacial score (nSPS) is 10.7. The average Bonchev–Trinajstić information content (AvgIpc) is 3.34. The summed E-state index contributed by atoms with van der Waals surface area (Å²) < 4.78 is 6.98. The maximum absolute atomic E-state index is 12.8. The van der Waals surface area contributed by atoms with Crippen LogP contribution in [0.15, 0.2) is 97.1 Å². The van der Waals surface area contributed by atoms with Crippen LogP contribution in [0.1, 0.15) is 21.5 Å². The summed E-state index contributed by atoms with van der Waals surface area (Å²) in [7, 11) is 0. The number of aryl methyl sites for hydroxylation is 1. The molecule has 1 amide bonds. The number of para-hydroxylation sites is 1. The Kier molecular flexibility index (Phi) is 7.02. The van der Waals surface area contributed by atoms with Crippen LogP contribution in [0.3, 0.4) is 0 Å². The Balaban J connectivity index is 1.25. The van der Waals surface area contributed by atoms with E-state index in [2.05, 4.69) is 16.7 Å². The number of ether oxygens (including phenoxy) is 1. The van der Waals surface area contributed by atoms with Crippen molar-refractivity contribution in [1.82, 2.24) is 10.3 Å². The van der Waals surface area contributed by atoms with Crippen molar-refractivity contribution in [2.75, 3.05) is 5.32 Å². The number of carbonyl (C=O) groups is 1. The predicted molar refractivity (Wildman–Crippen MR) is 151 cm³/mol. The molecule has 36 heavy (non-hydrogen) atoms. The van der Waals surface area contributed by atoms with Gasteiger partial charge in [0.25, 0.3) is 5.91 Å². The Bertz CT molecular complexity index is 1510. The van der Waals surface area contributed by atoms with Crippen molar-refractivity contribution in [1.29, 1.82) is 0 Å². The fourth-order valence-electron chi connectivity index (χ4n) is 3.68. The number of hydrogen-bond donors (Lipinski definition) is 2. The summed E-state index contributed by atoms with van der Waals surface area (Å²) in [6.45, 7) is 2.42. The molecule has 1 heterocycles. The van der Waals surface area contributed by atoms with E-state index in [1.807, 2.05) is 79.7 Å². The molecular formula is C29H23N3O2S2. The van der Waals surface area contributed by atoms with Crippen LogP contribution in [0, 0.1) is 6.92 Å². The van der Waals surface area contributed by atoms with Crippen molar-refractivity contribution < 1.29 is 9.53 Å². The van der Waals surface area contributed by atoms with Gasteiger partial charge in [-0.15, -0.1) is 11.3 Å². The number of benzene rings is 4. The van der Waals surface area contributed by atoms with E-state index in [-0.39, 0.29) is 11.0 Å². The highest BCUT2D eigenvalue weighted by atomic mass is 32.1. The number of anilines is 1. The molecule has 0 aliphatic carbocycles. The minimum atomic E-state index is -0.308. The first-order chi connectivity index (χ1) is 17.5. The minimum absolute atomic E-state index is 0.222. The molecule has 2 N–H and O–H groups in total. The molecule has 5 rings (SSSR count). The maximum atomic E-state index is 12.8. The standard InChI is InChI=1S/C29H23N3O2S2/c1-19-14-15-22(28-30-24-12-5-6-13-26(24)36-28)17-25(19)31-29(35)32-27(33)21-10-7-11-23(16-21)34-18-20-8-3-2-4-9-20/h2-17H,18H2,1H3,(H2,31,32,33,35). The molecular weight excluding hydrogens is 486 g/mol. The van der Waals surface area contributed by atoms with Crippen molar-refractivity contribution in [2.24, 2.45) is 0 Å². The first-order valence-electron chi connectivity index (χ1n) is 11.4. The van der Waals surface area contributed by atoms with Crippen LogP contribution < -0.4 is 15.4 Å². The SMILES string of the molecule is Cc1ccc(-c2nc3ccccc3s2)cc1NC(=S)NC(=O)c1cccc(OCc2ccccc2)c1. The Morgan fingerprint density at radius 3 is 2.58 bits per heavy atom. The van der Waals surface area contributed by atoms with Crippen LogP contribution in [0.25, 0.3) is 20.8 Å². The largest absolute Gasteiger partial charge is 0.489 e. The molecule has 1 aromatic heterocycles. The maximum Gasteiger partial charge on any atom is 0.257 e. The molecule has 5 aromatic rings. The van der Waals surface area contributed by atoms with Gasteiger partial charge in [-0.2, -0.15) is 0 Å². The molecule has 0 radical (unpaired) electrons. The molecule has 0 fully saturated rings. The van der Waals surface area contributed by atoms with Crippen molar-refractivity contribution in [2.45, 2.75) is 13.5 Å². The van der Waals surface area contributed by atoms with Crippen molar-refractivity contribution in [3.05, 3.63) is 114 Å². The molecule has 0 unspecified atom stereocenters. The van der Waals surface area contributed by atoms with E-state index in [1.54, 1.807) is 29.5 Å². The number of thiazole rings is 1. The highest BCUT2D eigenvalue weighted by Gasteiger charge is 2.12. The predicted octanol–water partition coefficient (Wildman–Crippen LogP) is 6.98. The lowest BCUT2D eigenvalue weighted by Crippen LogP contribution is -2.34. The highest BCUT2D eigenvalue weighted by Crippen LogP contribution is 2.32. The summed E-state index contributed by atoms with van der Waals surface area (Å²) >= 11 is 7.09. The minimum Gasteiger partial charge on any atom is -0.489 e. The quantitative estimate of drug-likeness (QED) is 0.242. The molecule has 0 saturated heterocycles. The van der Waals surface area contributed by atoms with E-state index < -0.39 is 0 Å². The molecule has 0 aliphatic heterocycles. The summed E-state index contributed by atoms with van der Waals surface area (Å²) in [5.41, 5.74) is 5.31. The number of amides is 1. The smallest absolute Gasteiger partial charge is 0.257 e. The van der Waals surface area contributed by atoms with E-state index >= 15 is 0 Å². The van der Waals surface area contributed by atoms with E-state index in [0.717, 1.165) is 37.6 Å². The van der Waals surface area contributed by atoms with Gasteiger partial charge in [-0.3, -0.25) is 10.1 Å². The molecule has 0 aliphatic rings. The molecule has 0 spiro atoms. The lowest BCUT2D eigenvalue weighted by molar-refractivity contribution is 0.0977. The topological polar surface area (TPSA) is 63.2 Å². The van der Waals surface area contributed by atoms with Crippen molar-refractivity contribution >= 4 is 50.5 Å². The van der Waals surface area contributed by atoms with E-state index in [4.69, 9.17) is 21.9 Å². The summed E-state index contributed by atoms with van der Waals surface area (Å²) in [5, 5.41) is 7.08. The van der Waals surface area contributed by atoms with Crippen LogP contribution in [-0.4, -0.2) is 16.0 Å². The number of thiocarbonyl (C=S) groups is 1. The summed E-state index contributed by atoms with van der Waals surface area (Å²) in [5.74, 6) is 0.308. The van der Waals surface area contributed by atoms with Gasteiger partial charge < -0.3 is 10.1 Å². The number of aromatic nitrogens is 1. The van der Waals surface area contributed by atoms with Gasteiger partial charge in [0.05, 0.1) is 10.2 Å². The van der Waals surface area contributed by atoms with Gasteiger partial charge in [0.2, 0.25) is 0 Å². The fourth-order valence-corrected chi connectivity index (χ4v) is 4.85. The molecule has 5 nitrogen and oxygen atoms in total. The van der Waals surface area contributed by atoms with Gasteiger partial charge in [-0.1, -0.05) is 60.7 Å². The Hall–Kier alpha value is -4.07. The number of carbonyl (C=O) groups excluding carboxylic acids is 1. The second kappa shape index (κ2) is 10.7. The molecule has 0 bridgehead atoms. The number of nitrogens with zero attached hydrogens (tertiary/aromatic N) is 1.